The van der Waals surface area contributed by atoms with E-state index < -0.39 is 0 Å². The number of rotatable bonds is 3. The predicted molar refractivity (Wildman–Crippen MR) is 105 cm³/mol. The number of pyridine rings is 1. The lowest BCUT2D eigenvalue weighted by Gasteiger charge is -2.38. The van der Waals surface area contributed by atoms with Gasteiger partial charge in [-0.3, -0.25) is 4.98 Å². The molecule has 0 radical (unpaired) electrons. The number of nitrogens with two attached hydrogens (primary N) is 1. The Kier molecular flexibility index (Phi) is 4.28. The SMILES string of the molecule is Cc1nc(CN)c2ccccc2c1N1CCN(c2ccccc2)CC1. The number of piperazine rings is 1. The predicted octanol–water partition coefficient (Wildman–Crippen LogP) is 3.33. The lowest BCUT2D eigenvalue weighted by molar-refractivity contribution is 0.652. The van der Waals surface area contributed by atoms with Gasteiger partial charge in [0.2, 0.25) is 0 Å². The Bertz CT molecular complexity index is 868. The molecule has 128 valence electrons. The molecule has 0 spiro atoms. The van der Waals surface area contributed by atoms with Crippen molar-refractivity contribution < 1.29 is 0 Å². The standard InChI is InChI=1S/C21H24N4/c1-16-21(19-10-6-5-9-18(19)20(15-22)23-16)25-13-11-24(12-14-25)17-7-3-2-4-8-17/h2-10H,11-15,22H2,1H3. The highest BCUT2D eigenvalue weighted by Crippen LogP contribution is 2.32. The second kappa shape index (κ2) is 6.73. The van der Waals surface area contributed by atoms with Gasteiger partial charge in [0.1, 0.15) is 0 Å². The first kappa shape index (κ1) is 15.9. The molecule has 0 atom stereocenters. The van der Waals surface area contributed by atoms with Crippen LogP contribution in [0.4, 0.5) is 11.4 Å². The summed E-state index contributed by atoms with van der Waals surface area (Å²) in [6, 6.07) is 19.2. The van der Waals surface area contributed by atoms with E-state index in [4.69, 9.17) is 10.7 Å². The Labute approximate surface area is 148 Å². The van der Waals surface area contributed by atoms with E-state index in [-0.39, 0.29) is 0 Å². The summed E-state index contributed by atoms with van der Waals surface area (Å²) >= 11 is 0. The maximum absolute atomic E-state index is 5.91. The molecular weight excluding hydrogens is 308 g/mol. The molecule has 1 saturated heterocycles. The zero-order valence-electron chi connectivity index (χ0n) is 14.7. The maximum Gasteiger partial charge on any atom is 0.0663 e. The highest BCUT2D eigenvalue weighted by atomic mass is 15.3. The van der Waals surface area contributed by atoms with Crippen molar-refractivity contribution in [2.45, 2.75) is 13.5 Å². The second-order valence-electron chi connectivity index (χ2n) is 6.55. The highest BCUT2D eigenvalue weighted by molar-refractivity contribution is 5.96. The van der Waals surface area contributed by atoms with Gasteiger partial charge in [0.25, 0.3) is 0 Å². The van der Waals surface area contributed by atoms with Crippen LogP contribution in [0, 0.1) is 6.92 Å². The van der Waals surface area contributed by atoms with Crippen molar-refractivity contribution >= 4 is 22.1 Å². The maximum atomic E-state index is 5.91. The molecule has 3 aromatic rings. The molecule has 2 heterocycles. The van der Waals surface area contributed by atoms with Gasteiger partial charge in [-0.25, -0.2) is 0 Å². The molecule has 0 aliphatic carbocycles. The van der Waals surface area contributed by atoms with Crippen molar-refractivity contribution in [1.29, 1.82) is 0 Å². The topological polar surface area (TPSA) is 45.4 Å². The van der Waals surface area contributed by atoms with Crippen LogP contribution in [-0.4, -0.2) is 31.2 Å². The van der Waals surface area contributed by atoms with E-state index in [1.165, 1.54) is 22.1 Å². The Hall–Kier alpha value is -2.59. The summed E-state index contributed by atoms with van der Waals surface area (Å²) in [6.07, 6.45) is 0. The van der Waals surface area contributed by atoms with Crippen LogP contribution in [0.5, 0.6) is 0 Å². The lowest BCUT2D eigenvalue weighted by Crippen LogP contribution is -2.47. The molecule has 1 aromatic heterocycles. The van der Waals surface area contributed by atoms with Gasteiger partial charge in [0.05, 0.1) is 17.1 Å². The van der Waals surface area contributed by atoms with Crippen molar-refractivity contribution in [3.05, 3.63) is 66.0 Å². The number of aromatic nitrogens is 1. The van der Waals surface area contributed by atoms with Gasteiger partial charge in [0.15, 0.2) is 0 Å². The zero-order chi connectivity index (χ0) is 17.2. The minimum Gasteiger partial charge on any atom is -0.368 e. The summed E-state index contributed by atoms with van der Waals surface area (Å²) in [5.74, 6) is 0. The molecule has 0 saturated carbocycles. The molecule has 0 amide bonds. The number of benzene rings is 2. The summed E-state index contributed by atoms with van der Waals surface area (Å²) in [4.78, 5) is 9.72. The number of hydrogen-bond donors (Lipinski definition) is 1. The Morgan fingerprint density at radius 2 is 1.44 bits per heavy atom. The van der Waals surface area contributed by atoms with Crippen LogP contribution >= 0.6 is 0 Å². The van der Waals surface area contributed by atoms with Crippen molar-refractivity contribution in [3.63, 3.8) is 0 Å². The van der Waals surface area contributed by atoms with Gasteiger partial charge >= 0.3 is 0 Å². The molecule has 4 rings (SSSR count). The Morgan fingerprint density at radius 1 is 0.840 bits per heavy atom. The van der Waals surface area contributed by atoms with Crippen LogP contribution in [0.3, 0.4) is 0 Å². The molecule has 4 nitrogen and oxygen atoms in total. The van der Waals surface area contributed by atoms with E-state index in [0.29, 0.717) is 6.54 Å². The third-order valence-corrected chi connectivity index (χ3v) is 5.05. The van der Waals surface area contributed by atoms with Gasteiger partial charge in [-0.15, -0.1) is 0 Å². The molecule has 0 unspecified atom stereocenters. The van der Waals surface area contributed by atoms with E-state index in [2.05, 4.69) is 71.3 Å². The summed E-state index contributed by atoms with van der Waals surface area (Å²) in [6.45, 7) is 6.63. The smallest absolute Gasteiger partial charge is 0.0663 e. The lowest BCUT2D eigenvalue weighted by atomic mass is 10.0. The first-order valence-electron chi connectivity index (χ1n) is 8.91. The van der Waals surface area contributed by atoms with E-state index in [0.717, 1.165) is 37.6 Å². The van der Waals surface area contributed by atoms with E-state index in [1.54, 1.807) is 0 Å². The monoisotopic (exact) mass is 332 g/mol. The van der Waals surface area contributed by atoms with Gasteiger partial charge in [0, 0.05) is 49.2 Å². The van der Waals surface area contributed by atoms with Crippen molar-refractivity contribution in [3.8, 4) is 0 Å². The summed E-state index contributed by atoms with van der Waals surface area (Å²) < 4.78 is 0. The van der Waals surface area contributed by atoms with Gasteiger partial charge in [-0.1, -0.05) is 42.5 Å². The normalized spacial score (nSPS) is 15.0. The molecule has 25 heavy (non-hydrogen) atoms. The third kappa shape index (κ3) is 2.94. The van der Waals surface area contributed by atoms with Gasteiger partial charge in [-0.2, -0.15) is 0 Å². The first-order chi connectivity index (χ1) is 12.3. The van der Waals surface area contributed by atoms with Crippen LogP contribution in [-0.2, 0) is 6.54 Å². The van der Waals surface area contributed by atoms with Crippen LogP contribution < -0.4 is 15.5 Å². The number of fused-ring (bicyclic) bond motifs is 1. The Morgan fingerprint density at radius 3 is 2.12 bits per heavy atom. The van der Waals surface area contributed by atoms with Crippen molar-refractivity contribution in [1.82, 2.24) is 4.98 Å². The minimum absolute atomic E-state index is 0.476. The third-order valence-electron chi connectivity index (χ3n) is 5.05. The van der Waals surface area contributed by atoms with Crippen LogP contribution in [0.2, 0.25) is 0 Å². The molecule has 1 aliphatic heterocycles. The fourth-order valence-corrected chi connectivity index (χ4v) is 3.83. The summed E-state index contributed by atoms with van der Waals surface area (Å²) in [5, 5.41) is 2.44. The summed E-state index contributed by atoms with van der Waals surface area (Å²) in [7, 11) is 0. The molecule has 2 aromatic carbocycles. The fraction of sp³-hybridized carbons (Fsp3) is 0.286. The molecule has 1 aliphatic rings. The number of para-hydroxylation sites is 1. The summed E-state index contributed by atoms with van der Waals surface area (Å²) in [5.41, 5.74) is 10.5. The fourth-order valence-electron chi connectivity index (χ4n) is 3.83. The average molecular weight is 332 g/mol. The largest absolute Gasteiger partial charge is 0.368 e. The number of anilines is 2. The van der Waals surface area contributed by atoms with Crippen molar-refractivity contribution in [2.75, 3.05) is 36.0 Å². The van der Waals surface area contributed by atoms with Crippen LogP contribution in [0.1, 0.15) is 11.4 Å². The molecule has 0 bridgehead atoms. The quantitative estimate of drug-likeness (QED) is 0.799. The number of hydrogen-bond acceptors (Lipinski definition) is 4. The molecule has 1 fully saturated rings. The van der Waals surface area contributed by atoms with Crippen molar-refractivity contribution in [2.24, 2.45) is 5.73 Å². The van der Waals surface area contributed by atoms with Crippen LogP contribution in [0.25, 0.3) is 10.8 Å². The van der Waals surface area contributed by atoms with Crippen LogP contribution in [0.15, 0.2) is 54.6 Å². The molecule has 2 N–H and O–H groups in total. The minimum atomic E-state index is 0.476. The van der Waals surface area contributed by atoms with E-state index in [1.807, 2.05) is 0 Å². The number of aryl methyl sites for hydroxylation is 1. The molecular formula is C21H24N4. The zero-order valence-corrected chi connectivity index (χ0v) is 14.7. The number of nitrogens with zero attached hydrogens (tertiary/aromatic N) is 3. The van der Waals surface area contributed by atoms with Gasteiger partial charge in [-0.05, 0) is 19.1 Å². The van der Waals surface area contributed by atoms with Gasteiger partial charge < -0.3 is 15.5 Å². The first-order valence-corrected chi connectivity index (χ1v) is 8.91. The van der Waals surface area contributed by atoms with E-state index in [9.17, 15) is 0 Å². The van der Waals surface area contributed by atoms with E-state index >= 15 is 0 Å². The molecule has 4 heteroatoms. The highest BCUT2D eigenvalue weighted by Gasteiger charge is 2.21. The average Bonchev–Trinajstić information content (AvgIpc) is 2.68. The second-order valence-corrected chi connectivity index (χ2v) is 6.55. The Balaban J connectivity index is 1.64.